The molecule has 1 aromatic heterocycles. The number of rotatable bonds is 3. The van der Waals surface area contributed by atoms with Crippen LogP contribution >= 0.6 is 11.3 Å². The van der Waals surface area contributed by atoms with E-state index < -0.39 is 41.2 Å². The average molecular weight is 524 g/mol. The van der Waals surface area contributed by atoms with E-state index in [1.165, 1.54) is 0 Å². The Hall–Kier alpha value is -1.61. The Morgan fingerprint density at radius 2 is 1.86 bits per heavy atom. The summed E-state index contributed by atoms with van der Waals surface area (Å²) in [6.45, 7) is 12.8. The first-order valence-corrected chi connectivity index (χ1v) is 13.8. The molecule has 2 heterocycles. The van der Waals surface area contributed by atoms with Crippen LogP contribution in [-0.4, -0.2) is 58.0 Å². The number of hydrogen-bond donors (Lipinski definition) is 2. The number of aryl methyl sites for hydroxylation is 1. The Balaban J connectivity index is 2.36. The van der Waals surface area contributed by atoms with Crippen LogP contribution in [0.4, 0.5) is 0 Å². The van der Waals surface area contributed by atoms with Crippen LogP contribution in [0.1, 0.15) is 90.8 Å². The van der Waals surface area contributed by atoms with E-state index in [2.05, 4.69) is 11.9 Å². The van der Waals surface area contributed by atoms with Crippen molar-refractivity contribution in [3.05, 3.63) is 21.7 Å². The van der Waals surface area contributed by atoms with Gasteiger partial charge in [0.25, 0.3) is 0 Å². The van der Waals surface area contributed by atoms with Crippen LogP contribution in [0.25, 0.3) is 6.08 Å². The third-order valence-corrected chi connectivity index (χ3v) is 8.72. The van der Waals surface area contributed by atoms with E-state index in [9.17, 15) is 19.8 Å². The summed E-state index contributed by atoms with van der Waals surface area (Å²) in [6, 6.07) is 0. The van der Waals surface area contributed by atoms with Crippen molar-refractivity contribution in [2.24, 2.45) is 17.3 Å². The van der Waals surface area contributed by atoms with Gasteiger partial charge in [-0.05, 0) is 64.0 Å². The van der Waals surface area contributed by atoms with Crippen molar-refractivity contribution < 1.29 is 29.3 Å². The zero-order valence-corrected chi connectivity index (χ0v) is 24.0. The predicted molar refractivity (Wildman–Crippen MR) is 143 cm³/mol. The van der Waals surface area contributed by atoms with Gasteiger partial charge < -0.3 is 19.7 Å². The Kier molecular flexibility index (Phi) is 10.9. The molecule has 0 aliphatic carbocycles. The predicted octanol–water partition coefficient (Wildman–Crippen LogP) is 5.12. The van der Waals surface area contributed by atoms with Crippen molar-refractivity contribution in [2.75, 3.05) is 7.11 Å². The largest absolute Gasteiger partial charge is 0.458 e. The Morgan fingerprint density at radius 3 is 2.44 bits per heavy atom. The smallest absolute Gasteiger partial charge is 0.309 e. The van der Waals surface area contributed by atoms with Crippen molar-refractivity contribution in [1.29, 1.82) is 0 Å². The zero-order valence-electron chi connectivity index (χ0n) is 23.2. The molecule has 2 N–H and O–H groups in total. The number of esters is 1. The summed E-state index contributed by atoms with van der Waals surface area (Å²) >= 11 is 1.56. The fraction of sp³-hybridized carbons (Fsp3) is 0.750. The lowest BCUT2D eigenvalue weighted by Crippen LogP contribution is -2.45. The third-order valence-electron chi connectivity index (χ3n) is 7.92. The molecule has 8 heteroatoms. The van der Waals surface area contributed by atoms with Crippen molar-refractivity contribution >= 4 is 29.2 Å². The van der Waals surface area contributed by atoms with Gasteiger partial charge in [0.1, 0.15) is 11.9 Å². The number of carbonyl (C=O) groups is 2. The summed E-state index contributed by atoms with van der Waals surface area (Å²) < 4.78 is 11.8. The highest BCUT2D eigenvalue weighted by Crippen LogP contribution is 2.34. The van der Waals surface area contributed by atoms with Crippen molar-refractivity contribution in [3.63, 3.8) is 0 Å². The third kappa shape index (κ3) is 7.94. The highest BCUT2D eigenvalue weighted by atomic mass is 32.1. The van der Waals surface area contributed by atoms with Gasteiger partial charge in [0.15, 0.2) is 0 Å². The Labute approximate surface area is 220 Å². The van der Waals surface area contributed by atoms with E-state index >= 15 is 0 Å². The number of ketones is 1. The fourth-order valence-electron chi connectivity index (χ4n) is 4.91. The quantitative estimate of drug-likeness (QED) is 0.530. The van der Waals surface area contributed by atoms with Gasteiger partial charge in [0, 0.05) is 18.4 Å². The van der Waals surface area contributed by atoms with Crippen LogP contribution in [0.2, 0.25) is 0 Å². The van der Waals surface area contributed by atoms with E-state index in [1.807, 2.05) is 32.2 Å². The number of aliphatic hydroxyl groups is 2. The number of hydrogen-bond acceptors (Lipinski definition) is 8. The van der Waals surface area contributed by atoms with E-state index in [1.54, 1.807) is 39.2 Å². The van der Waals surface area contributed by atoms with Crippen LogP contribution in [0.3, 0.4) is 0 Å². The summed E-state index contributed by atoms with van der Waals surface area (Å²) in [6.07, 6.45) is 2.63. The average Bonchev–Trinajstić information content (AvgIpc) is 3.23. The van der Waals surface area contributed by atoms with Crippen LogP contribution < -0.4 is 0 Å². The van der Waals surface area contributed by atoms with Gasteiger partial charge in [-0.25, -0.2) is 4.98 Å². The van der Waals surface area contributed by atoms with E-state index in [0.29, 0.717) is 12.8 Å². The number of methoxy groups -OCH3 is 1. The Bertz CT molecular complexity index is 925. The molecule has 0 radical (unpaired) electrons. The first-order chi connectivity index (χ1) is 16.7. The van der Waals surface area contributed by atoms with Gasteiger partial charge >= 0.3 is 5.97 Å². The van der Waals surface area contributed by atoms with Crippen LogP contribution in [-0.2, 0) is 19.1 Å². The van der Waals surface area contributed by atoms with Crippen LogP contribution in [0.5, 0.6) is 0 Å². The van der Waals surface area contributed by atoms with Crippen molar-refractivity contribution in [1.82, 2.24) is 4.98 Å². The minimum atomic E-state index is -1.23. The minimum absolute atomic E-state index is 0.0876. The molecule has 1 aromatic rings. The molecule has 0 saturated carbocycles. The second kappa shape index (κ2) is 12.8. The second-order valence-corrected chi connectivity index (χ2v) is 12.4. The molecule has 0 bridgehead atoms. The monoisotopic (exact) mass is 523 g/mol. The molecule has 0 amide bonds. The van der Waals surface area contributed by atoms with Gasteiger partial charge in [-0.15, -0.1) is 11.3 Å². The molecular formula is C28H45NO6S. The molecule has 1 aliphatic rings. The molecule has 7 nitrogen and oxygen atoms in total. The number of carbonyl (C=O) groups excluding carboxylic acids is 2. The highest BCUT2D eigenvalue weighted by molar-refractivity contribution is 7.09. The summed E-state index contributed by atoms with van der Waals surface area (Å²) in [7, 11) is 1.69. The number of aromatic nitrogens is 1. The number of Topliss-reactive ketones (excluding diaryl/α,β-unsaturated/α-hetero) is 1. The molecular weight excluding hydrogens is 478 g/mol. The SMILES string of the molecule is CO[C@]1(C)CCC[C@H](C)[C@H](O)[C@@H](C)C(=O)C(C)(C)[C@@H](O)CC(=O)O[C@H](/C(C)=C/c2csc(C)n2)CC1. The second-order valence-electron chi connectivity index (χ2n) is 11.3. The molecule has 0 unspecified atom stereocenters. The number of nitrogens with zero attached hydrogens (tertiary/aromatic N) is 1. The summed E-state index contributed by atoms with van der Waals surface area (Å²) in [5.74, 6) is -1.58. The molecule has 36 heavy (non-hydrogen) atoms. The van der Waals surface area contributed by atoms with Crippen molar-refractivity contribution in [2.45, 2.75) is 111 Å². The molecule has 1 saturated heterocycles. The number of thiazole rings is 1. The van der Waals surface area contributed by atoms with Gasteiger partial charge in [0.2, 0.25) is 0 Å². The first kappa shape index (κ1) is 30.6. The fourth-order valence-corrected chi connectivity index (χ4v) is 5.48. The molecule has 204 valence electrons. The van der Waals surface area contributed by atoms with Gasteiger partial charge in [-0.3, -0.25) is 9.59 Å². The maximum Gasteiger partial charge on any atom is 0.309 e. The standard InChI is InChI=1S/C28H45NO6S/c1-17-10-9-12-28(7,34-8)13-11-22(18(2)14-21-16-36-20(4)29-21)35-24(31)15-23(30)27(5,6)26(33)19(3)25(17)32/h14,16-17,19,22-23,25,30,32H,9-13,15H2,1-8H3/b18-14+/t17-,19+,22-,23-,25-,28+/m0/s1. The topological polar surface area (TPSA) is 106 Å². The maximum atomic E-state index is 13.3. The lowest BCUT2D eigenvalue weighted by atomic mass is 9.73. The van der Waals surface area contributed by atoms with Crippen LogP contribution in [0.15, 0.2) is 11.0 Å². The number of aliphatic hydroxyl groups excluding tert-OH is 2. The summed E-state index contributed by atoms with van der Waals surface area (Å²) in [4.78, 5) is 30.7. The summed E-state index contributed by atoms with van der Waals surface area (Å²) in [5.41, 5.74) is 0.0558. The molecule has 0 spiro atoms. The summed E-state index contributed by atoms with van der Waals surface area (Å²) in [5, 5.41) is 24.7. The normalized spacial score (nSPS) is 33.8. The van der Waals surface area contributed by atoms with Crippen molar-refractivity contribution in [3.8, 4) is 0 Å². The molecule has 1 aliphatic heterocycles. The number of cyclic esters (lactones) is 1. The van der Waals surface area contributed by atoms with E-state index in [-0.39, 0.29) is 18.1 Å². The van der Waals surface area contributed by atoms with E-state index in [4.69, 9.17) is 9.47 Å². The van der Waals surface area contributed by atoms with Crippen LogP contribution in [0, 0.1) is 24.2 Å². The molecule has 6 atom stereocenters. The highest BCUT2D eigenvalue weighted by Gasteiger charge is 2.42. The molecule has 1 fully saturated rings. The van der Waals surface area contributed by atoms with E-state index in [0.717, 1.165) is 35.5 Å². The number of ether oxygens (including phenoxy) is 2. The maximum absolute atomic E-state index is 13.3. The Morgan fingerprint density at radius 1 is 1.19 bits per heavy atom. The van der Waals surface area contributed by atoms with Gasteiger partial charge in [0.05, 0.1) is 40.3 Å². The first-order valence-electron chi connectivity index (χ1n) is 13.0. The minimum Gasteiger partial charge on any atom is -0.458 e. The van der Waals surface area contributed by atoms with Gasteiger partial charge in [-0.2, -0.15) is 0 Å². The lowest BCUT2D eigenvalue weighted by Gasteiger charge is -2.35. The zero-order chi connectivity index (χ0) is 27.3. The molecule has 2 rings (SSSR count). The molecule has 0 aromatic carbocycles. The lowest BCUT2D eigenvalue weighted by molar-refractivity contribution is -0.155. The van der Waals surface area contributed by atoms with Gasteiger partial charge in [-0.1, -0.05) is 34.1 Å².